The molecule has 0 aliphatic carbocycles. The molecule has 0 radical (unpaired) electrons. The molecule has 1 N–H and O–H groups in total. The minimum absolute atomic E-state index is 0.110. The molecule has 6 aromatic rings. The van der Waals surface area contributed by atoms with E-state index in [1.165, 1.54) is 16.4 Å². The predicted octanol–water partition coefficient (Wildman–Crippen LogP) is 6.86. The van der Waals surface area contributed by atoms with E-state index >= 15 is 0 Å². The number of benzene rings is 5. The third kappa shape index (κ3) is 4.31. The maximum absolute atomic E-state index is 14.0. The Morgan fingerprint density at radius 1 is 0.711 bits per heavy atom. The first-order chi connectivity index (χ1) is 18.4. The van der Waals surface area contributed by atoms with Gasteiger partial charge in [-0.15, -0.1) is 0 Å². The highest BCUT2D eigenvalue weighted by Crippen LogP contribution is 2.33. The van der Waals surface area contributed by atoms with E-state index in [1.807, 2.05) is 72.8 Å². The van der Waals surface area contributed by atoms with Crippen molar-refractivity contribution in [3.8, 4) is 0 Å². The van der Waals surface area contributed by atoms with Crippen LogP contribution in [0.2, 0.25) is 5.02 Å². The standard InChI is InChI=1S/C31H25ClN2O3S/c32-23-16-18-25(19-17-23)38(36,37)34(31-15-7-9-22-8-1-2-10-26(22)31)21-24(35)20-33-29-13-5-3-11-27(29)28-12-4-6-14-30(28)33/h1-19,24,35H,20-21H2. The highest BCUT2D eigenvalue weighted by Gasteiger charge is 2.29. The third-order valence-electron chi connectivity index (χ3n) is 6.89. The van der Waals surface area contributed by atoms with Crippen molar-refractivity contribution in [2.24, 2.45) is 0 Å². The monoisotopic (exact) mass is 540 g/mol. The number of nitrogens with zero attached hydrogens (tertiary/aromatic N) is 2. The van der Waals surface area contributed by atoms with Crippen molar-refractivity contribution in [1.29, 1.82) is 0 Å². The fourth-order valence-electron chi connectivity index (χ4n) is 5.15. The minimum atomic E-state index is -4.02. The first kappa shape index (κ1) is 24.5. The van der Waals surface area contributed by atoms with Crippen LogP contribution in [-0.2, 0) is 16.6 Å². The summed E-state index contributed by atoms with van der Waals surface area (Å²) in [6, 6.07) is 35.4. The Labute approximate surface area is 226 Å². The molecule has 7 heteroatoms. The summed E-state index contributed by atoms with van der Waals surface area (Å²) in [5.41, 5.74) is 2.49. The van der Waals surface area contributed by atoms with Crippen molar-refractivity contribution in [3.05, 3.63) is 120 Å². The van der Waals surface area contributed by atoms with E-state index in [1.54, 1.807) is 18.2 Å². The summed E-state index contributed by atoms with van der Waals surface area (Å²) >= 11 is 6.04. The van der Waals surface area contributed by atoms with Crippen LogP contribution in [0.25, 0.3) is 32.6 Å². The summed E-state index contributed by atoms with van der Waals surface area (Å²) in [5.74, 6) is 0. The molecule has 1 aromatic heterocycles. The summed E-state index contributed by atoms with van der Waals surface area (Å²) in [5, 5.41) is 15.8. The number of hydrogen-bond acceptors (Lipinski definition) is 3. The van der Waals surface area contributed by atoms with Crippen LogP contribution in [0.5, 0.6) is 0 Å². The SMILES string of the molecule is O=S(=O)(c1ccc(Cl)cc1)N(CC(O)Cn1c2ccccc2c2ccccc21)c1cccc2ccccc12. The molecular formula is C31H25ClN2O3S. The van der Waals surface area contributed by atoms with Gasteiger partial charge in [0.2, 0.25) is 0 Å². The number of aromatic nitrogens is 1. The lowest BCUT2D eigenvalue weighted by Gasteiger charge is -2.28. The van der Waals surface area contributed by atoms with Crippen LogP contribution in [-0.4, -0.2) is 30.7 Å². The van der Waals surface area contributed by atoms with Crippen LogP contribution in [0.15, 0.2) is 120 Å². The van der Waals surface area contributed by atoms with Crippen LogP contribution in [0.1, 0.15) is 0 Å². The summed E-state index contributed by atoms with van der Waals surface area (Å²) in [7, 11) is -4.02. The summed E-state index contributed by atoms with van der Waals surface area (Å²) in [4.78, 5) is 0.110. The molecule has 0 amide bonds. The number of aliphatic hydroxyl groups excluding tert-OH is 1. The highest BCUT2D eigenvalue weighted by atomic mass is 35.5. The molecule has 0 fully saturated rings. The topological polar surface area (TPSA) is 62.5 Å². The van der Waals surface area contributed by atoms with E-state index in [2.05, 4.69) is 16.7 Å². The van der Waals surface area contributed by atoms with E-state index in [0.717, 1.165) is 32.6 Å². The maximum Gasteiger partial charge on any atom is 0.264 e. The summed E-state index contributed by atoms with van der Waals surface area (Å²) in [6.07, 6.45) is -0.991. The number of aliphatic hydroxyl groups is 1. The fourth-order valence-corrected chi connectivity index (χ4v) is 6.79. The second kappa shape index (κ2) is 9.80. The number of para-hydroxylation sites is 2. The van der Waals surface area contributed by atoms with Gasteiger partial charge in [0.1, 0.15) is 0 Å². The average Bonchev–Trinajstić information content (AvgIpc) is 3.25. The number of halogens is 1. The number of rotatable bonds is 7. The maximum atomic E-state index is 14.0. The molecule has 5 aromatic carbocycles. The lowest BCUT2D eigenvalue weighted by molar-refractivity contribution is 0.166. The Hall–Kier alpha value is -3.84. The van der Waals surface area contributed by atoms with Crippen LogP contribution in [0.4, 0.5) is 5.69 Å². The molecule has 0 bridgehead atoms. The molecule has 6 rings (SSSR count). The van der Waals surface area contributed by atoms with Crippen molar-refractivity contribution in [2.45, 2.75) is 17.5 Å². The van der Waals surface area contributed by atoms with E-state index < -0.39 is 16.1 Å². The predicted molar refractivity (Wildman–Crippen MR) is 155 cm³/mol. The second-order valence-electron chi connectivity index (χ2n) is 9.29. The van der Waals surface area contributed by atoms with Gasteiger partial charge in [-0.2, -0.15) is 0 Å². The van der Waals surface area contributed by atoms with Gasteiger partial charge >= 0.3 is 0 Å². The molecule has 5 nitrogen and oxygen atoms in total. The normalized spacial score (nSPS) is 12.8. The zero-order chi connectivity index (χ0) is 26.3. The van der Waals surface area contributed by atoms with Crippen LogP contribution < -0.4 is 4.31 Å². The largest absolute Gasteiger partial charge is 0.389 e. The smallest absolute Gasteiger partial charge is 0.264 e. The average molecular weight is 541 g/mol. The van der Waals surface area contributed by atoms with Crippen LogP contribution in [0, 0.1) is 0 Å². The molecule has 38 heavy (non-hydrogen) atoms. The van der Waals surface area contributed by atoms with E-state index in [-0.39, 0.29) is 18.0 Å². The minimum Gasteiger partial charge on any atom is -0.389 e. The lowest BCUT2D eigenvalue weighted by atomic mass is 10.1. The van der Waals surface area contributed by atoms with Crippen molar-refractivity contribution in [1.82, 2.24) is 4.57 Å². The van der Waals surface area contributed by atoms with Gasteiger partial charge in [-0.1, -0.05) is 84.4 Å². The number of fused-ring (bicyclic) bond motifs is 4. The molecule has 0 aliphatic heterocycles. The lowest BCUT2D eigenvalue weighted by Crippen LogP contribution is -2.39. The van der Waals surface area contributed by atoms with Gasteiger partial charge in [0.15, 0.2) is 0 Å². The molecular weight excluding hydrogens is 516 g/mol. The molecule has 0 saturated heterocycles. The van der Waals surface area contributed by atoms with Crippen molar-refractivity contribution in [2.75, 3.05) is 10.8 Å². The Bertz CT molecular complexity index is 1820. The zero-order valence-corrected chi connectivity index (χ0v) is 22.0. The second-order valence-corrected chi connectivity index (χ2v) is 11.6. The Morgan fingerprint density at radius 3 is 1.92 bits per heavy atom. The Kier molecular flexibility index (Phi) is 6.32. The molecule has 0 aliphatic rings. The molecule has 0 spiro atoms. The van der Waals surface area contributed by atoms with Crippen molar-refractivity contribution >= 4 is 59.9 Å². The van der Waals surface area contributed by atoms with Gasteiger partial charge in [-0.25, -0.2) is 8.42 Å². The molecule has 1 atom stereocenters. The number of sulfonamides is 1. The third-order valence-corrected chi connectivity index (χ3v) is 8.93. The van der Waals surface area contributed by atoms with Crippen LogP contribution in [0.3, 0.4) is 0 Å². The summed E-state index contributed by atoms with van der Waals surface area (Å²) < 4.78 is 31.4. The van der Waals surface area contributed by atoms with E-state index in [4.69, 9.17) is 11.6 Å². The molecule has 0 saturated carbocycles. The van der Waals surface area contributed by atoms with E-state index in [9.17, 15) is 13.5 Å². The highest BCUT2D eigenvalue weighted by molar-refractivity contribution is 7.92. The number of hydrogen-bond donors (Lipinski definition) is 1. The van der Waals surface area contributed by atoms with Gasteiger partial charge in [0, 0.05) is 32.2 Å². The Morgan fingerprint density at radius 2 is 1.26 bits per heavy atom. The molecule has 1 unspecified atom stereocenters. The quantitative estimate of drug-likeness (QED) is 0.241. The summed E-state index contributed by atoms with van der Waals surface area (Å²) in [6.45, 7) is 0.102. The fraction of sp³-hybridized carbons (Fsp3) is 0.0968. The Balaban J connectivity index is 1.44. The van der Waals surface area contributed by atoms with Crippen molar-refractivity contribution in [3.63, 3.8) is 0 Å². The van der Waals surface area contributed by atoms with Crippen LogP contribution >= 0.6 is 11.6 Å². The first-order valence-corrected chi connectivity index (χ1v) is 14.2. The van der Waals surface area contributed by atoms with Gasteiger partial charge in [0.25, 0.3) is 10.0 Å². The van der Waals surface area contributed by atoms with Gasteiger partial charge < -0.3 is 9.67 Å². The first-order valence-electron chi connectivity index (χ1n) is 12.3. The molecule has 190 valence electrons. The zero-order valence-electron chi connectivity index (χ0n) is 20.4. The van der Waals surface area contributed by atoms with Gasteiger partial charge in [-0.05, 0) is 47.9 Å². The molecule has 1 heterocycles. The van der Waals surface area contributed by atoms with Gasteiger partial charge in [0.05, 0.1) is 29.8 Å². The van der Waals surface area contributed by atoms with Crippen molar-refractivity contribution < 1.29 is 13.5 Å². The number of anilines is 1. The van der Waals surface area contributed by atoms with Gasteiger partial charge in [-0.3, -0.25) is 4.31 Å². The van der Waals surface area contributed by atoms with E-state index in [0.29, 0.717) is 10.7 Å².